The van der Waals surface area contributed by atoms with Crippen LogP contribution in [0.4, 0.5) is 0 Å². The van der Waals surface area contributed by atoms with Crippen LogP contribution in [0.1, 0.15) is 200 Å². The molecule has 65 heavy (non-hydrogen) atoms. The number of phosphoric acid groups is 1. The van der Waals surface area contributed by atoms with Crippen molar-refractivity contribution in [1.29, 1.82) is 0 Å². The van der Waals surface area contributed by atoms with E-state index in [1.165, 1.54) is 103 Å². The van der Waals surface area contributed by atoms with Gasteiger partial charge in [-0.2, -0.15) is 0 Å². The number of likely N-dealkylation sites (N-methyl/N-ethyl adjacent to an activating group) is 1. The van der Waals surface area contributed by atoms with Crippen molar-refractivity contribution in [2.24, 2.45) is 0 Å². The highest BCUT2D eigenvalue weighted by molar-refractivity contribution is 7.47. The second-order valence-electron chi connectivity index (χ2n) is 18.5. The van der Waals surface area contributed by atoms with E-state index in [-0.39, 0.29) is 25.5 Å². The number of carbonyl (C=O) groups is 1. The fourth-order valence-corrected chi connectivity index (χ4v) is 7.68. The van der Waals surface area contributed by atoms with Gasteiger partial charge in [0.2, 0.25) is 5.91 Å². The van der Waals surface area contributed by atoms with E-state index in [1.807, 2.05) is 27.2 Å². The van der Waals surface area contributed by atoms with Crippen molar-refractivity contribution in [3.63, 3.8) is 0 Å². The molecule has 374 valence electrons. The molecule has 0 saturated heterocycles. The molecule has 0 fully saturated rings. The Hall–Kier alpha value is -2.58. The van der Waals surface area contributed by atoms with Crippen molar-refractivity contribution in [1.82, 2.24) is 5.32 Å². The van der Waals surface area contributed by atoms with E-state index in [2.05, 4.69) is 104 Å². The first-order valence-electron chi connectivity index (χ1n) is 26.1. The van der Waals surface area contributed by atoms with Gasteiger partial charge in [-0.1, -0.05) is 207 Å². The van der Waals surface area contributed by atoms with E-state index in [0.717, 1.165) is 70.6 Å². The van der Waals surface area contributed by atoms with Gasteiger partial charge in [-0.05, 0) is 83.5 Å². The average molecular weight is 928 g/mol. The topological polar surface area (TPSA) is 105 Å². The molecular weight excluding hydrogens is 828 g/mol. The van der Waals surface area contributed by atoms with Gasteiger partial charge in [-0.15, -0.1) is 0 Å². The minimum absolute atomic E-state index is 0.0422. The number of aliphatic hydroxyl groups excluding tert-OH is 1. The SMILES string of the molecule is CC/C=C\C/C=C\C/C=C\C/C=C\C/C=C\C/C=C\CCCCC(=O)NC(COP(=O)(O)OCC[N+](C)(C)C)C(O)/C=C/CC/C=C/CCCCCCCCCCCCCCCCCC. The van der Waals surface area contributed by atoms with Crippen molar-refractivity contribution < 1.29 is 32.9 Å². The number of quaternary nitrogens is 1. The molecule has 0 aromatic rings. The number of aliphatic hydroxyl groups is 1. The summed E-state index contributed by atoms with van der Waals surface area (Å²) in [6.45, 7) is 4.64. The molecule has 0 radical (unpaired) electrons. The summed E-state index contributed by atoms with van der Waals surface area (Å²) in [5, 5.41) is 13.8. The maximum absolute atomic E-state index is 12.9. The molecule has 9 heteroatoms. The molecule has 0 aromatic carbocycles. The first-order chi connectivity index (χ1) is 31.5. The Morgan fingerprint density at radius 1 is 0.538 bits per heavy atom. The molecule has 8 nitrogen and oxygen atoms in total. The van der Waals surface area contributed by atoms with Gasteiger partial charge in [0.25, 0.3) is 0 Å². The van der Waals surface area contributed by atoms with Gasteiger partial charge in [-0.25, -0.2) is 4.57 Å². The third-order valence-electron chi connectivity index (χ3n) is 11.0. The molecule has 0 aliphatic rings. The maximum Gasteiger partial charge on any atom is 0.472 e. The van der Waals surface area contributed by atoms with Crippen LogP contribution in [0.3, 0.4) is 0 Å². The van der Waals surface area contributed by atoms with Gasteiger partial charge in [0.15, 0.2) is 0 Å². The number of allylic oxidation sites excluding steroid dienone is 15. The van der Waals surface area contributed by atoms with Gasteiger partial charge < -0.3 is 19.8 Å². The molecule has 0 aliphatic carbocycles. The summed E-state index contributed by atoms with van der Waals surface area (Å²) in [6, 6.07) is -0.893. The lowest BCUT2D eigenvalue weighted by Gasteiger charge is -2.25. The molecule has 0 aromatic heterocycles. The highest BCUT2D eigenvalue weighted by atomic mass is 31.2. The Morgan fingerprint density at radius 3 is 1.42 bits per heavy atom. The number of carbonyl (C=O) groups excluding carboxylic acids is 1. The minimum atomic E-state index is -4.37. The minimum Gasteiger partial charge on any atom is -0.387 e. The summed E-state index contributed by atoms with van der Waals surface area (Å²) in [4.78, 5) is 23.2. The van der Waals surface area contributed by atoms with Crippen LogP contribution in [0.5, 0.6) is 0 Å². The Balaban J connectivity index is 4.46. The van der Waals surface area contributed by atoms with Crippen molar-refractivity contribution in [2.75, 3.05) is 40.9 Å². The molecule has 0 aliphatic heterocycles. The predicted octanol–water partition coefficient (Wildman–Crippen LogP) is 15.5. The Kier molecular flexibility index (Phi) is 44.7. The summed E-state index contributed by atoms with van der Waals surface area (Å²) in [7, 11) is 1.51. The highest BCUT2D eigenvalue weighted by Crippen LogP contribution is 2.43. The van der Waals surface area contributed by atoms with Gasteiger partial charge in [0, 0.05) is 6.42 Å². The van der Waals surface area contributed by atoms with Crippen molar-refractivity contribution >= 4 is 13.7 Å². The smallest absolute Gasteiger partial charge is 0.387 e. The molecule has 3 N–H and O–H groups in total. The number of nitrogens with zero attached hydrogens (tertiary/aromatic N) is 1. The van der Waals surface area contributed by atoms with Gasteiger partial charge in [0.05, 0.1) is 39.9 Å². The molecular formula is C56H100N2O6P+. The zero-order valence-corrected chi connectivity index (χ0v) is 43.3. The largest absolute Gasteiger partial charge is 0.472 e. The number of unbranched alkanes of at least 4 members (excludes halogenated alkanes) is 19. The molecule has 0 bridgehead atoms. The maximum atomic E-state index is 12.9. The first kappa shape index (κ1) is 62.4. The third kappa shape index (κ3) is 49.2. The Bertz CT molecular complexity index is 1370. The molecule has 0 spiro atoms. The summed E-state index contributed by atoms with van der Waals surface area (Å²) < 4.78 is 23.6. The number of hydrogen-bond acceptors (Lipinski definition) is 5. The molecule has 1 amide bonds. The predicted molar refractivity (Wildman–Crippen MR) is 281 cm³/mol. The number of amides is 1. The second-order valence-corrected chi connectivity index (χ2v) is 20.0. The van der Waals surface area contributed by atoms with Crippen LogP contribution in [0.15, 0.2) is 97.2 Å². The van der Waals surface area contributed by atoms with Gasteiger partial charge >= 0.3 is 7.82 Å². The van der Waals surface area contributed by atoms with Gasteiger partial charge in [-0.3, -0.25) is 13.8 Å². The number of phosphoric ester groups is 1. The Labute approximate surface area is 400 Å². The van der Waals surface area contributed by atoms with Crippen LogP contribution >= 0.6 is 7.82 Å². The van der Waals surface area contributed by atoms with Crippen LogP contribution in [-0.4, -0.2) is 73.4 Å². The number of rotatable bonds is 46. The standard InChI is InChI=1S/C56H99N2O6P/c1-6-8-10-12-14-16-18-20-22-24-26-28-30-31-33-35-37-39-41-43-45-47-49-55(59)54(53-64-65(61,62)63-52-51-58(3,4)5)57-56(60)50-48-46-44-42-40-38-36-34-32-29-27-25-23-21-19-17-15-13-11-9-7-2/h9,11,15,17,21,23,27,29,34,36,39-42,47,49,54-55,59H,6-8,10,12-14,16,18-20,22,24-26,28,30-33,35,37-38,43-46,48,50-53H2,1-5H3,(H-,57,60,61,62)/p+1/b11-9-,17-15-,23-21-,29-27-,36-34-,41-39+,42-40-,49-47+. The van der Waals surface area contributed by atoms with E-state index in [1.54, 1.807) is 6.08 Å². The summed E-state index contributed by atoms with van der Waals surface area (Å²) in [6.07, 6.45) is 66.4. The lowest BCUT2D eigenvalue weighted by molar-refractivity contribution is -0.870. The van der Waals surface area contributed by atoms with E-state index in [0.29, 0.717) is 17.4 Å². The number of nitrogens with one attached hydrogen (secondary N) is 1. The second kappa shape index (κ2) is 46.5. The van der Waals surface area contributed by atoms with E-state index in [9.17, 15) is 19.4 Å². The lowest BCUT2D eigenvalue weighted by Crippen LogP contribution is -2.45. The van der Waals surface area contributed by atoms with Crippen LogP contribution in [-0.2, 0) is 18.4 Å². The quantitative estimate of drug-likeness (QED) is 0.0243. The van der Waals surface area contributed by atoms with Crippen molar-refractivity contribution in [2.45, 2.75) is 212 Å². The van der Waals surface area contributed by atoms with E-state index < -0.39 is 20.0 Å². The van der Waals surface area contributed by atoms with Crippen LogP contribution in [0.2, 0.25) is 0 Å². The van der Waals surface area contributed by atoms with Crippen molar-refractivity contribution in [3.05, 3.63) is 97.2 Å². The highest BCUT2D eigenvalue weighted by Gasteiger charge is 2.27. The fourth-order valence-electron chi connectivity index (χ4n) is 6.94. The Morgan fingerprint density at radius 2 is 0.938 bits per heavy atom. The lowest BCUT2D eigenvalue weighted by atomic mass is 10.0. The summed E-state index contributed by atoms with van der Waals surface area (Å²) in [5.74, 6) is -0.232. The summed E-state index contributed by atoms with van der Waals surface area (Å²) in [5.41, 5.74) is 0. The molecule has 0 rings (SSSR count). The first-order valence-corrected chi connectivity index (χ1v) is 27.6. The fraction of sp³-hybridized carbons (Fsp3) is 0.696. The van der Waals surface area contributed by atoms with Gasteiger partial charge in [0.1, 0.15) is 13.2 Å². The monoisotopic (exact) mass is 928 g/mol. The van der Waals surface area contributed by atoms with E-state index in [4.69, 9.17) is 9.05 Å². The molecule has 0 heterocycles. The molecule has 3 atom stereocenters. The van der Waals surface area contributed by atoms with Crippen molar-refractivity contribution in [3.8, 4) is 0 Å². The average Bonchev–Trinajstić information content (AvgIpc) is 3.26. The van der Waals surface area contributed by atoms with Crippen LogP contribution in [0.25, 0.3) is 0 Å². The number of hydrogen-bond donors (Lipinski definition) is 3. The normalized spacial score (nSPS) is 14.9. The van der Waals surface area contributed by atoms with Crippen LogP contribution < -0.4 is 5.32 Å². The summed E-state index contributed by atoms with van der Waals surface area (Å²) >= 11 is 0. The zero-order valence-electron chi connectivity index (χ0n) is 42.4. The van der Waals surface area contributed by atoms with E-state index >= 15 is 0 Å². The zero-order chi connectivity index (χ0) is 47.8. The van der Waals surface area contributed by atoms with Crippen LogP contribution in [0, 0.1) is 0 Å². The third-order valence-corrected chi connectivity index (χ3v) is 12.0. The molecule has 0 saturated carbocycles. The molecule has 3 unspecified atom stereocenters.